The van der Waals surface area contributed by atoms with Crippen LogP contribution in [-0.2, 0) is 41.6 Å². The van der Waals surface area contributed by atoms with E-state index >= 15 is 0 Å². The Kier molecular flexibility index (Phi) is 19.0. The van der Waals surface area contributed by atoms with Crippen LogP contribution in [-0.4, -0.2) is 71.2 Å². The molecule has 8 nitrogen and oxygen atoms in total. The lowest BCUT2D eigenvalue weighted by Gasteiger charge is -2.31. The molecule has 0 atom stereocenters. The van der Waals surface area contributed by atoms with Crippen LogP contribution in [0.2, 0.25) is 0 Å². The van der Waals surface area contributed by atoms with Crippen LogP contribution in [0, 0.1) is 5.92 Å². The number of nitrogens with zero attached hydrogens (tertiary/aromatic N) is 2. The molecule has 0 bridgehead atoms. The average Bonchev–Trinajstić information content (AvgIpc) is 3.32. The van der Waals surface area contributed by atoms with Crippen molar-refractivity contribution in [2.24, 2.45) is 5.92 Å². The van der Waals surface area contributed by atoms with Crippen molar-refractivity contribution < 1.29 is 55.6 Å². The van der Waals surface area contributed by atoms with Gasteiger partial charge in [-0.1, -0.05) is 92.3 Å². The minimum absolute atomic E-state index is 0.0757. The molecule has 2 N–H and O–H groups in total. The fourth-order valence-electron chi connectivity index (χ4n) is 8.66. The van der Waals surface area contributed by atoms with Gasteiger partial charge in [0.1, 0.15) is 24.7 Å². The van der Waals surface area contributed by atoms with Crippen molar-refractivity contribution in [2.75, 3.05) is 39.3 Å². The van der Waals surface area contributed by atoms with E-state index in [0.717, 1.165) is 80.1 Å². The van der Waals surface area contributed by atoms with Gasteiger partial charge in [0.05, 0.1) is 24.0 Å². The van der Waals surface area contributed by atoms with Crippen LogP contribution in [0.4, 0.5) is 26.3 Å². The highest BCUT2D eigenvalue weighted by Crippen LogP contribution is 2.42. The Morgan fingerprint density at radius 3 is 1.59 bits per heavy atom. The summed E-state index contributed by atoms with van der Waals surface area (Å²) in [6.45, 7) is 8.75. The number of ether oxygens (including phenoxy) is 2. The first-order valence-corrected chi connectivity index (χ1v) is 24.2. The molecule has 2 aliphatic rings. The van der Waals surface area contributed by atoms with Crippen LogP contribution < -0.4 is 9.47 Å². The molecule has 2 aliphatic heterocycles. The van der Waals surface area contributed by atoms with Crippen molar-refractivity contribution in [2.45, 2.75) is 106 Å². The number of benzene rings is 5. The van der Waals surface area contributed by atoms with E-state index in [2.05, 4.69) is 21.9 Å². The third-order valence-corrected chi connectivity index (χ3v) is 13.5. The predicted molar refractivity (Wildman–Crippen MR) is 255 cm³/mol. The van der Waals surface area contributed by atoms with Crippen LogP contribution in [0.5, 0.6) is 11.5 Å². The fourth-order valence-corrected chi connectivity index (χ4v) is 9.63. The molecule has 2 heterocycles. The van der Waals surface area contributed by atoms with Crippen LogP contribution in [0.15, 0.2) is 125 Å². The zero-order valence-corrected chi connectivity index (χ0v) is 39.7. The summed E-state index contributed by atoms with van der Waals surface area (Å²) in [5, 5.41) is 17.7. The molecule has 2 fully saturated rings. The minimum atomic E-state index is -4.48. The Morgan fingerprint density at radius 2 is 1.09 bits per heavy atom. The molecule has 69 heavy (non-hydrogen) atoms. The van der Waals surface area contributed by atoms with Gasteiger partial charge in [-0.3, -0.25) is 9.59 Å². The SMILES string of the molecule is CC(C)Cc1ccc(COc2ccc(C3CCN(CCC(=O)O)CC3)cc2)cc1C(F)(F)F.O=C(O)CCN1CCC(c2ccc(COc3ccc(Sc4ccccc4)c(C(F)(F)F)c3)cc2)CC1. The standard InChI is InChI=1S/C28H28F3NO3S.C26H32F3NO3/c29-28(30,31)25-18-23(10-11-26(25)36-24-4-2-1-3-5-24)35-19-20-6-8-21(9-7-20)22-12-15-32(16-13-22)17-14-27(33)34;1-18(2)15-22-4-3-19(16-24(22)26(27,28)29)17-33-23-7-5-20(6-8-23)21-9-12-30(13-10-21)14-11-25(31)32/h1-11,18,22H,12-17,19H2,(H,33,34);3-8,16,18,21H,9-15,17H2,1-2H3,(H,31,32). The van der Waals surface area contributed by atoms with Crippen LogP contribution >= 0.6 is 11.8 Å². The highest BCUT2D eigenvalue weighted by Gasteiger charge is 2.35. The molecule has 0 aliphatic carbocycles. The molecule has 2 saturated heterocycles. The van der Waals surface area contributed by atoms with Crippen molar-refractivity contribution in [1.29, 1.82) is 0 Å². The van der Waals surface area contributed by atoms with Gasteiger partial charge >= 0.3 is 24.3 Å². The first-order valence-electron chi connectivity index (χ1n) is 23.4. The lowest BCUT2D eigenvalue weighted by atomic mass is 9.89. The Bertz CT molecular complexity index is 2400. The number of likely N-dealkylation sites (tertiary alicyclic amines) is 2. The summed E-state index contributed by atoms with van der Waals surface area (Å²) >= 11 is 1.08. The summed E-state index contributed by atoms with van der Waals surface area (Å²) in [7, 11) is 0. The quantitative estimate of drug-likeness (QED) is 0.0832. The van der Waals surface area contributed by atoms with Gasteiger partial charge < -0.3 is 29.5 Å². The summed E-state index contributed by atoms with van der Waals surface area (Å²) in [6, 6.07) is 33.3. The number of aliphatic carboxylic acids is 2. The van der Waals surface area contributed by atoms with E-state index in [-0.39, 0.29) is 42.6 Å². The second kappa shape index (κ2) is 24.9. The summed E-state index contributed by atoms with van der Waals surface area (Å²) in [5.74, 6) is 0.243. The zero-order chi connectivity index (χ0) is 49.6. The Balaban J connectivity index is 0.000000228. The van der Waals surface area contributed by atoms with E-state index < -0.39 is 35.4 Å². The molecule has 0 amide bonds. The Morgan fingerprint density at radius 1 is 0.609 bits per heavy atom. The fraction of sp³-hybridized carbons (Fsp3) is 0.407. The molecule has 0 radical (unpaired) electrons. The topological polar surface area (TPSA) is 99.5 Å². The molecule has 5 aromatic carbocycles. The van der Waals surface area contributed by atoms with Gasteiger partial charge in [-0.25, -0.2) is 0 Å². The number of carbonyl (C=O) groups is 2. The van der Waals surface area contributed by atoms with Gasteiger partial charge in [-0.05, 0) is 152 Å². The van der Waals surface area contributed by atoms with Crippen LogP contribution in [0.3, 0.4) is 0 Å². The predicted octanol–water partition coefficient (Wildman–Crippen LogP) is 13.2. The highest BCUT2D eigenvalue weighted by atomic mass is 32.2. The molecule has 370 valence electrons. The Labute approximate surface area is 404 Å². The lowest BCUT2D eigenvalue weighted by molar-refractivity contribution is -0.140. The van der Waals surface area contributed by atoms with Gasteiger partial charge in [-0.2, -0.15) is 26.3 Å². The monoisotopic (exact) mass is 978 g/mol. The maximum atomic E-state index is 13.7. The van der Waals surface area contributed by atoms with Crippen molar-refractivity contribution in [3.05, 3.63) is 154 Å². The largest absolute Gasteiger partial charge is 0.489 e. The number of carboxylic acid groups (broad SMARTS) is 2. The molecule has 7 rings (SSSR count). The summed E-state index contributed by atoms with van der Waals surface area (Å²) in [5.41, 5.74) is 2.83. The van der Waals surface area contributed by atoms with E-state index in [1.54, 1.807) is 42.5 Å². The number of hydrogen-bond acceptors (Lipinski definition) is 7. The molecule has 15 heteroatoms. The van der Waals surface area contributed by atoms with E-state index in [0.29, 0.717) is 48.2 Å². The first-order chi connectivity index (χ1) is 32.9. The molecular formula is C54H60F6N2O6S. The summed E-state index contributed by atoms with van der Waals surface area (Å²) in [4.78, 5) is 26.7. The Hall–Kier alpha value is -5.51. The van der Waals surface area contributed by atoms with Gasteiger partial charge in [0.25, 0.3) is 0 Å². The van der Waals surface area contributed by atoms with Gasteiger partial charge in [0, 0.05) is 22.9 Å². The number of piperidine rings is 2. The van der Waals surface area contributed by atoms with Crippen LogP contribution in [0.25, 0.3) is 0 Å². The first kappa shape index (κ1) is 52.9. The zero-order valence-electron chi connectivity index (χ0n) is 38.9. The maximum absolute atomic E-state index is 13.7. The molecule has 0 spiro atoms. The maximum Gasteiger partial charge on any atom is 0.417 e. The smallest absolute Gasteiger partial charge is 0.417 e. The van der Waals surface area contributed by atoms with E-state index in [4.69, 9.17) is 19.7 Å². The third kappa shape index (κ3) is 16.9. The van der Waals surface area contributed by atoms with Crippen molar-refractivity contribution >= 4 is 23.7 Å². The number of carboxylic acids is 2. The molecule has 0 aromatic heterocycles. The number of halogens is 6. The molecule has 5 aromatic rings. The molecular weight excluding hydrogens is 919 g/mol. The van der Waals surface area contributed by atoms with Crippen molar-refractivity contribution in [3.63, 3.8) is 0 Å². The van der Waals surface area contributed by atoms with Gasteiger partial charge in [0.15, 0.2) is 0 Å². The van der Waals surface area contributed by atoms with Gasteiger partial charge in [0.2, 0.25) is 0 Å². The number of hydrogen-bond donors (Lipinski definition) is 2. The average molecular weight is 979 g/mol. The minimum Gasteiger partial charge on any atom is -0.489 e. The lowest BCUT2D eigenvalue weighted by Crippen LogP contribution is -2.34. The van der Waals surface area contributed by atoms with E-state index in [1.165, 1.54) is 23.3 Å². The van der Waals surface area contributed by atoms with E-state index in [1.807, 2.05) is 56.3 Å². The van der Waals surface area contributed by atoms with Crippen molar-refractivity contribution in [3.8, 4) is 11.5 Å². The third-order valence-electron chi connectivity index (χ3n) is 12.4. The van der Waals surface area contributed by atoms with Crippen LogP contribution in [0.1, 0.15) is 103 Å². The number of rotatable bonds is 18. The second-order valence-corrected chi connectivity index (χ2v) is 19.2. The molecule has 0 unspecified atom stereocenters. The van der Waals surface area contributed by atoms with Gasteiger partial charge in [-0.15, -0.1) is 0 Å². The number of alkyl halides is 6. The summed E-state index contributed by atoms with van der Waals surface area (Å²) < 4.78 is 93.1. The second-order valence-electron chi connectivity index (χ2n) is 18.1. The normalized spacial score (nSPS) is 15.4. The summed E-state index contributed by atoms with van der Waals surface area (Å²) in [6.07, 6.45) is -4.25. The van der Waals surface area contributed by atoms with E-state index in [9.17, 15) is 35.9 Å². The van der Waals surface area contributed by atoms with Crippen molar-refractivity contribution in [1.82, 2.24) is 9.80 Å². The highest BCUT2D eigenvalue weighted by molar-refractivity contribution is 7.99. The molecule has 0 saturated carbocycles.